The smallest absolute Gasteiger partial charge is 0.229 e. The molecule has 2 aliphatic heterocycles. The van der Waals surface area contributed by atoms with Gasteiger partial charge in [0, 0.05) is 38.3 Å². The Morgan fingerprint density at radius 3 is 2.58 bits per heavy atom. The number of nitrogen functional groups attached to an aromatic ring is 1. The van der Waals surface area contributed by atoms with Gasteiger partial charge in [-0.2, -0.15) is 0 Å². The summed E-state index contributed by atoms with van der Waals surface area (Å²) < 4.78 is 13.2. The molecule has 5 rings (SSSR count). The molecule has 2 aliphatic rings. The molecule has 1 fully saturated rings. The molecule has 3 aromatic rings. The molecular weight excluding hydrogens is 419 g/mol. The van der Waals surface area contributed by atoms with Crippen molar-refractivity contribution in [3.8, 4) is 11.3 Å². The van der Waals surface area contributed by atoms with Gasteiger partial charge in [-0.25, -0.2) is 4.39 Å². The molecule has 2 N–H and O–H groups in total. The molecule has 0 saturated carbocycles. The van der Waals surface area contributed by atoms with E-state index < -0.39 is 0 Å². The van der Waals surface area contributed by atoms with Crippen molar-refractivity contribution in [2.24, 2.45) is 0 Å². The van der Waals surface area contributed by atoms with Crippen molar-refractivity contribution < 1.29 is 9.18 Å². The van der Waals surface area contributed by atoms with Gasteiger partial charge in [0.15, 0.2) is 0 Å². The van der Waals surface area contributed by atoms with Crippen LogP contribution in [0.15, 0.2) is 48.7 Å². The Labute approximate surface area is 192 Å². The van der Waals surface area contributed by atoms with Crippen LogP contribution in [0, 0.1) is 5.82 Å². The molecule has 4 heterocycles. The van der Waals surface area contributed by atoms with Crippen molar-refractivity contribution in [1.29, 1.82) is 0 Å². The highest BCUT2D eigenvalue weighted by Gasteiger charge is 2.26. The number of likely N-dealkylation sites (N-methyl/N-ethyl adjacent to an activating group) is 1. The highest BCUT2D eigenvalue weighted by Crippen LogP contribution is 2.27. The molecule has 0 spiro atoms. The van der Waals surface area contributed by atoms with Gasteiger partial charge in [0.2, 0.25) is 5.91 Å². The number of rotatable bonds is 4. The first kappa shape index (κ1) is 21.3. The highest BCUT2D eigenvalue weighted by molar-refractivity contribution is 5.81. The van der Waals surface area contributed by atoms with Crippen LogP contribution in [0.4, 0.5) is 15.8 Å². The number of carbonyl (C=O) groups is 1. The van der Waals surface area contributed by atoms with Crippen LogP contribution in [0.1, 0.15) is 17.0 Å². The van der Waals surface area contributed by atoms with Crippen LogP contribution in [0.3, 0.4) is 0 Å². The summed E-state index contributed by atoms with van der Waals surface area (Å²) in [5.41, 5.74) is 11.7. The van der Waals surface area contributed by atoms with Gasteiger partial charge in [-0.3, -0.25) is 14.8 Å². The van der Waals surface area contributed by atoms with E-state index in [2.05, 4.69) is 32.9 Å². The van der Waals surface area contributed by atoms with Crippen LogP contribution in [-0.4, -0.2) is 58.9 Å². The van der Waals surface area contributed by atoms with Crippen molar-refractivity contribution in [2.45, 2.75) is 19.5 Å². The van der Waals surface area contributed by atoms with Crippen molar-refractivity contribution >= 4 is 17.3 Å². The molecule has 0 aliphatic carbocycles. The predicted molar refractivity (Wildman–Crippen MR) is 126 cm³/mol. The summed E-state index contributed by atoms with van der Waals surface area (Å²) in [4.78, 5) is 28.8. The molecule has 2 aromatic heterocycles. The van der Waals surface area contributed by atoms with Crippen LogP contribution in [0.25, 0.3) is 11.3 Å². The number of aromatic nitrogens is 2. The van der Waals surface area contributed by atoms with Crippen molar-refractivity contribution in [2.75, 3.05) is 43.9 Å². The van der Waals surface area contributed by atoms with Gasteiger partial charge < -0.3 is 20.4 Å². The van der Waals surface area contributed by atoms with E-state index in [1.807, 2.05) is 6.20 Å². The van der Waals surface area contributed by atoms with E-state index in [9.17, 15) is 9.18 Å². The Hall–Kier alpha value is -3.52. The summed E-state index contributed by atoms with van der Waals surface area (Å²) >= 11 is 0. The third kappa shape index (κ3) is 4.52. The van der Waals surface area contributed by atoms with Crippen molar-refractivity contribution in [3.63, 3.8) is 0 Å². The molecule has 0 radical (unpaired) electrons. The second-order valence-corrected chi connectivity index (χ2v) is 8.76. The van der Waals surface area contributed by atoms with Crippen LogP contribution in [-0.2, 0) is 24.3 Å². The first-order valence-electron chi connectivity index (χ1n) is 11.2. The standard InChI is InChI=1S/C25H27FN6O/c1-30-8-10-31(11-9-30)20-12-18-15-32(16-24(18)28-14-20)25(33)13-23-21(27)6-7-22(29-23)17-2-4-19(26)5-3-17/h2-7,12,14H,8-11,13,15-16,27H2,1H3. The monoisotopic (exact) mass is 446 g/mol. The average Bonchev–Trinajstić information content (AvgIpc) is 3.25. The number of hydrogen-bond donors (Lipinski definition) is 1. The quantitative estimate of drug-likeness (QED) is 0.664. The maximum absolute atomic E-state index is 13.2. The SMILES string of the molecule is CN1CCN(c2cnc3c(c2)CN(C(=O)Cc2nc(-c4ccc(F)cc4)ccc2N)C3)CC1. The second-order valence-electron chi connectivity index (χ2n) is 8.76. The Morgan fingerprint density at radius 2 is 1.82 bits per heavy atom. The van der Waals surface area contributed by atoms with E-state index in [0.717, 1.165) is 48.7 Å². The second kappa shape index (κ2) is 8.78. The number of benzene rings is 1. The van der Waals surface area contributed by atoms with Gasteiger partial charge >= 0.3 is 0 Å². The predicted octanol–water partition coefficient (Wildman–Crippen LogP) is 2.70. The number of nitrogens with zero attached hydrogens (tertiary/aromatic N) is 5. The van der Waals surface area contributed by atoms with E-state index in [0.29, 0.717) is 30.2 Å². The summed E-state index contributed by atoms with van der Waals surface area (Å²) in [6.45, 7) is 5.07. The number of nitrogens with two attached hydrogens (primary N) is 1. The van der Waals surface area contributed by atoms with Crippen molar-refractivity contribution in [3.05, 3.63) is 71.4 Å². The summed E-state index contributed by atoms with van der Waals surface area (Å²) in [5.74, 6) is -0.341. The Bertz CT molecular complexity index is 1170. The van der Waals surface area contributed by atoms with E-state index >= 15 is 0 Å². The van der Waals surface area contributed by atoms with E-state index in [4.69, 9.17) is 5.73 Å². The number of anilines is 2. The van der Waals surface area contributed by atoms with E-state index in [1.165, 1.54) is 12.1 Å². The molecule has 8 heteroatoms. The normalized spacial score (nSPS) is 16.2. The van der Waals surface area contributed by atoms with Gasteiger partial charge in [-0.1, -0.05) is 0 Å². The van der Waals surface area contributed by atoms with Gasteiger partial charge in [0.1, 0.15) is 5.82 Å². The highest BCUT2D eigenvalue weighted by atomic mass is 19.1. The fourth-order valence-electron chi connectivity index (χ4n) is 4.35. The maximum Gasteiger partial charge on any atom is 0.229 e. The van der Waals surface area contributed by atoms with Gasteiger partial charge in [-0.15, -0.1) is 0 Å². The molecule has 7 nitrogen and oxygen atoms in total. The molecule has 1 amide bonds. The van der Waals surface area contributed by atoms with Crippen LogP contribution >= 0.6 is 0 Å². The van der Waals surface area contributed by atoms with Crippen LogP contribution in [0.5, 0.6) is 0 Å². The van der Waals surface area contributed by atoms with Crippen LogP contribution < -0.4 is 10.6 Å². The summed E-state index contributed by atoms with van der Waals surface area (Å²) in [6, 6.07) is 11.8. The lowest BCUT2D eigenvalue weighted by Gasteiger charge is -2.34. The zero-order valence-corrected chi connectivity index (χ0v) is 18.7. The van der Waals surface area contributed by atoms with Gasteiger partial charge in [-0.05, 0) is 55.1 Å². The fourth-order valence-corrected chi connectivity index (χ4v) is 4.35. The number of amides is 1. The lowest BCUT2D eigenvalue weighted by Crippen LogP contribution is -2.44. The molecular formula is C25H27FN6O. The first-order valence-corrected chi connectivity index (χ1v) is 11.2. The van der Waals surface area contributed by atoms with Crippen molar-refractivity contribution in [1.82, 2.24) is 19.8 Å². The molecule has 0 atom stereocenters. The molecule has 1 aromatic carbocycles. The molecule has 170 valence electrons. The number of carbonyl (C=O) groups excluding carboxylic acids is 1. The number of fused-ring (bicyclic) bond motifs is 1. The third-order valence-electron chi connectivity index (χ3n) is 6.44. The minimum absolute atomic E-state index is 0.0374. The average molecular weight is 447 g/mol. The zero-order valence-electron chi connectivity index (χ0n) is 18.7. The van der Waals surface area contributed by atoms with Gasteiger partial charge in [0.05, 0.1) is 47.6 Å². The summed E-state index contributed by atoms with van der Waals surface area (Å²) in [6.07, 6.45) is 2.03. The Kier molecular flexibility index (Phi) is 5.68. The molecule has 1 saturated heterocycles. The number of halogens is 1. The number of pyridine rings is 2. The topological polar surface area (TPSA) is 78.6 Å². The van der Waals surface area contributed by atoms with E-state index in [1.54, 1.807) is 29.2 Å². The Balaban J connectivity index is 1.28. The number of piperazine rings is 1. The summed E-state index contributed by atoms with van der Waals surface area (Å²) in [7, 11) is 2.14. The molecule has 0 bridgehead atoms. The number of hydrogen-bond acceptors (Lipinski definition) is 6. The lowest BCUT2D eigenvalue weighted by atomic mass is 10.1. The molecule has 0 unspecified atom stereocenters. The fraction of sp³-hybridized carbons (Fsp3) is 0.320. The maximum atomic E-state index is 13.2. The first-order chi connectivity index (χ1) is 16.0. The summed E-state index contributed by atoms with van der Waals surface area (Å²) in [5, 5.41) is 0. The minimum atomic E-state index is -0.303. The van der Waals surface area contributed by atoms with E-state index in [-0.39, 0.29) is 18.1 Å². The van der Waals surface area contributed by atoms with Gasteiger partial charge in [0.25, 0.3) is 0 Å². The largest absolute Gasteiger partial charge is 0.397 e. The molecule has 33 heavy (non-hydrogen) atoms. The minimum Gasteiger partial charge on any atom is -0.397 e. The lowest BCUT2D eigenvalue weighted by molar-refractivity contribution is -0.131. The third-order valence-corrected chi connectivity index (χ3v) is 6.44. The zero-order chi connectivity index (χ0) is 22.9. The van der Waals surface area contributed by atoms with Crippen LogP contribution in [0.2, 0.25) is 0 Å². The Morgan fingerprint density at radius 1 is 1.06 bits per heavy atom.